The number of carbonyl (C=O) groups is 1. The number of carbonyl (C=O) groups excluding carboxylic acids is 1. The first-order valence-electron chi connectivity index (χ1n) is 9.45. The highest BCUT2D eigenvalue weighted by molar-refractivity contribution is 5.81. The molecule has 0 aliphatic carbocycles. The molecule has 6 nitrogen and oxygen atoms in total. The number of para-hydroxylation sites is 1. The first-order valence-corrected chi connectivity index (χ1v) is 9.45. The lowest BCUT2D eigenvalue weighted by Gasteiger charge is -2.12. The molecule has 1 aromatic heterocycles. The van der Waals surface area contributed by atoms with E-state index in [0.717, 1.165) is 32.0 Å². The normalized spacial score (nSPS) is 11.8. The first-order chi connectivity index (χ1) is 12.6. The van der Waals surface area contributed by atoms with Crippen molar-refractivity contribution >= 4 is 22.8 Å². The van der Waals surface area contributed by atoms with E-state index in [0.29, 0.717) is 13.0 Å². The summed E-state index contributed by atoms with van der Waals surface area (Å²) < 4.78 is 2.27. The molecule has 6 heteroatoms. The molecule has 142 valence electrons. The van der Waals surface area contributed by atoms with Gasteiger partial charge in [-0.1, -0.05) is 18.2 Å². The highest BCUT2D eigenvalue weighted by atomic mass is 16.1. The molecule has 0 aliphatic rings. The molecule has 2 rings (SSSR count). The molecule has 2 aromatic rings. The molecular weight excluding hydrogens is 326 g/mol. The second-order valence-corrected chi connectivity index (χ2v) is 6.58. The number of rotatable bonds is 9. The number of aryl methyl sites for hydroxylation is 1. The zero-order chi connectivity index (χ0) is 18.8. The number of nitrogens with one attached hydrogen (secondary N) is 3. The second-order valence-electron chi connectivity index (χ2n) is 6.58. The Morgan fingerprint density at radius 1 is 1.19 bits per heavy atom. The molecule has 0 radical (unpaired) electrons. The van der Waals surface area contributed by atoms with Crippen molar-refractivity contribution in [3.05, 3.63) is 36.5 Å². The molecular formula is C20H31N5O. The summed E-state index contributed by atoms with van der Waals surface area (Å²) in [6.45, 7) is 9.01. The maximum absolute atomic E-state index is 11.7. The van der Waals surface area contributed by atoms with Gasteiger partial charge in [-0.05, 0) is 44.7 Å². The van der Waals surface area contributed by atoms with Crippen LogP contribution in [-0.4, -0.2) is 42.1 Å². The molecule has 1 heterocycles. The second kappa shape index (κ2) is 10.5. The molecule has 0 unspecified atom stereocenters. The lowest BCUT2D eigenvalue weighted by molar-refractivity contribution is -0.121. The Morgan fingerprint density at radius 3 is 2.77 bits per heavy atom. The van der Waals surface area contributed by atoms with Crippen LogP contribution in [0.15, 0.2) is 41.5 Å². The fourth-order valence-electron chi connectivity index (χ4n) is 2.80. The van der Waals surface area contributed by atoms with E-state index >= 15 is 0 Å². The number of nitrogens with zero attached hydrogens (tertiary/aromatic N) is 2. The van der Waals surface area contributed by atoms with Crippen molar-refractivity contribution < 1.29 is 4.79 Å². The molecule has 26 heavy (non-hydrogen) atoms. The van der Waals surface area contributed by atoms with Crippen molar-refractivity contribution in [1.29, 1.82) is 0 Å². The number of amides is 1. The van der Waals surface area contributed by atoms with Gasteiger partial charge >= 0.3 is 0 Å². The van der Waals surface area contributed by atoms with Crippen molar-refractivity contribution in [2.45, 2.75) is 46.2 Å². The van der Waals surface area contributed by atoms with Crippen LogP contribution < -0.4 is 16.0 Å². The lowest BCUT2D eigenvalue weighted by atomic mass is 10.2. The van der Waals surface area contributed by atoms with E-state index in [9.17, 15) is 4.79 Å². The third-order valence-electron chi connectivity index (χ3n) is 3.95. The van der Waals surface area contributed by atoms with Crippen LogP contribution in [0, 0.1) is 0 Å². The first kappa shape index (κ1) is 19.8. The number of benzene rings is 1. The van der Waals surface area contributed by atoms with Gasteiger partial charge in [-0.25, -0.2) is 0 Å². The minimum Gasteiger partial charge on any atom is -0.357 e. The molecule has 1 amide bonds. The van der Waals surface area contributed by atoms with Crippen molar-refractivity contribution in [2.24, 2.45) is 4.99 Å². The summed E-state index contributed by atoms with van der Waals surface area (Å²) in [5.41, 5.74) is 1.26. The molecule has 0 saturated carbocycles. The molecule has 0 aliphatic heterocycles. The van der Waals surface area contributed by atoms with E-state index in [-0.39, 0.29) is 11.9 Å². The van der Waals surface area contributed by atoms with Gasteiger partial charge in [0.1, 0.15) is 0 Å². The Balaban J connectivity index is 1.76. The van der Waals surface area contributed by atoms with Crippen LogP contribution in [0.1, 0.15) is 33.6 Å². The summed E-state index contributed by atoms with van der Waals surface area (Å²) in [6.07, 6.45) is 3.53. The third-order valence-corrected chi connectivity index (χ3v) is 3.95. The number of aromatic nitrogens is 1. The van der Waals surface area contributed by atoms with E-state index in [1.165, 1.54) is 10.9 Å². The predicted molar refractivity (Wildman–Crippen MR) is 108 cm³/mol. The van der Waals surface area contributed by atoms with Gasteiger partial charge in [-0.2, -0.15) is 0 Å². The van der Waals surface area contributed by atoms with Gasteiger partial charge in [-0.15, -0.1) is 0 Å². The smallest absolute Gasteiger partial charge is 0.221 e. The van der Waals surface area contributed by atoms with Crippen LogP contribution in [0.4, 0.5) is 0 Å². The monoisotopic (exact) mass is 357 g/mol. The summed E-state index contributed by atoms with van der Waals surface area (Å²) in [4.78, 5) is 16.3. The maximum atomic E-state index is 11.7. The maximum Gasteiger partial charge on any atom is 0.221 e. The molecule has 0 spiro atoms. The largest absolute Gasteiger partial charge is 0.357 e. The average Bonchev–Trinajstić information content (AvgIpc) is 3.01. The summed E-state index contributed by atoms with van der Waals surface area (Å²) in [7, 11) is 0. The molecule has 3 N–H and O–H groups in total. The Morgan fingerprint density at radius 2 is 2.00 bits per heavy atom. The number of fused-ring (bicyclic) bond motifs is 1. The predicted octanol–water partition coefficient (Wildman–Crippen LogP) is 2.50. The molecule has 0 atom stereocenters. The van der Waals surface area contributed by atoms with Gasteiger partial charge in [0.25, 0.3) is 0 Å². The van der Waals surface area contributed by atoms with Gasteiger partial charge in [0.2, 0.25) is 5.91 Å². The summed E-state index contributed by atoms with van der Waals surface area (Å²) in [5.74, 6) is 0.824. The Hall–Kier alpha value is -2.50. The highest BCUT2D eigenvalue weighted by Gasteiger charge is 2.04. The molecule has 0 saturated heterocycles. The Labute approximate surface area is 156 Å². The van der Waals surface area contributed by atoms with E-state index < -0.39 is 0 Å². The zero-order valence-corrected chi connectivity index (χ0v) is 16.1. The van der Waals surface area contributed by atoms with E-state index in [2.05, 4.69) is 62.0 Å². The Kier molecular flexibility index (Phi) is 7.99. The van der Waals surface area contributed by atoms with Crippen molar-refractivity contribution in [3.63, 3.8) is 0 Å². The lowest BCUT2D eigenvalue weighted by Crippen LogP contribution is -2.40. The molecule has 0 fully saturated rings. The summed E-state index contributed by atoms with van der Waals surface area (Å²) in [6, 6.07) is 10.7. The molecule has 0 bridgehead atoms. The quantitative estimate of drug-likeness (QED) is 0.367. The van der Waals surface area contributed by atoms with Gasteiger partial charge in [0.15, 0.2) is 5.96 Å². The molecule has 1 aromatic carbocycles. The van der Waals surface area contributed by atoms with Gasteiger partial charge in [-0.3, -0.25) is 9.79 Å². The van der Waals surface area contributed by atoms with Gasteiger partial charge in [0.05, 0.1) is 0 Å². The van der Waals surface area contributed by atoms with Crippen molar-refractivity contribution in [2.75, 3.05) is 19.6 Å². The topological polar surface area (TPSA) is 70.5 Å². The number of hydrogen-bond donors (Lipinski definition) is 3. The SMILES string of the molecule is CCNC(=NCCCn1ccc2ccccc21)NCCC(=O)NC(C)C. The Bertz CT molecular complexity index is 720. The third kappa shape index (κ3) is 6.43. The van der Waals surface area contributed by atoms with Crippen LogP contribution in [0.25, 0.3) is 10.9 Å². The van der Waals surface area contributed by atoms with Crippen molar-refractivity contribution in [1.82, 2.24) is 20.5 Å². The van der Waals surface area contributed by atoms with Crippen LogP contribution >= 0.6 is 0 Å². The van der Waals surface area contributed by atoms with Crippen LogP contribution in [0.2, 0.25) is 0 Å². The fraction of sp³-hybridized carbons (Fsp3) is 0.500. The van der Waals surface area contributed by atoms with E-state index in [1.54, 1.807) is 0 Å². The zero-order valence-electron chi connectivity index (χ0n) is 16.1. The summed E-state index contributed by atoms with van der Waals surface area (Å²) in [5, 5.41) is 10.6. The van der Waals surface area contributed by atoms with Crippen molar-refractivity contribution in [3.8, 4) is 0 Å². The van der Waals surface area contributed by atoms with E-state index in [1.807, 2.05) is 20.8 Å². The van der Waals surface area contributed by atoms with Crippen LogP contribution in [0.5, 0.6) is 0 Å². The standard InChI is InChI=1S/C20H31N5O/c1-4-21-20(23-13-10-19(26)24-16(2)3)22-12-7-14-25-15-11-17-8-5-6-9-18(17)25/h5-6,8-9,11,15-16H,4,7,10,12-14H2,1-3H3,(H,24,26)(H2,21,22,23). The number of aliphatic imine (C=N–C) groups is 1. The minimum absolute atomic E-state index is 0.0582. The van der Waals surface area contributed by atoms with Gasteiger partial charge in [0, 0.05) is 50.4 Å². The summed E-state index contributed by atoms with van der Waals surface area (Å²) >= 11 is 0. The van der Waals surface area contributed by atoms with Crippen LogP contribution in [-0.2, 0) is 11.3 Å². The van der Waals surface area contributed by atoms with Gasteiger partial charge < -0.3 is 20.5 Å². The average molecular weight is 358 g/mol. The number of guanidine groups is 1. The van der Waals surface area contributed by atoms with E-state index in [4.69, 9.17) is 0 Å². The fourth-order valence-corrected chi connectivity index (χ4v) is 2.80. The van der Waals surface area contributed by atoms with Crippen LogP contribution in [0.3, 0.4) is 0 Å². The minimum atomic E-state index is 0.0582. The number of hydrogen-bond acceptors (Lipinski definition) is 2. The highest BCUT2D eigenvalue weighted by Crippen LogP contribution is 2.15.